The fraction of sp³-hybridized carbons (Fsp3) is 0.387. The van der Waals surface area contributed by atoms with E-state index in [2.05, 4.69) is 15.5 Å². The molecule has 5 atom stereocenters. The van der Waals surface area contributed by atoms with Crippen molar-refractivity contribution in [3.63, 3.8) is 0 Å². The Morgan fingerprint density at radius 2 is 1.48 bits per heavy atom. The Labute approximate surface area is 269 Å². The SMILES string of the molecule is CC(=O)OC[C@H]1O[C@@H](NC(=S)N=Nc2c(O)n(CCc3ccccc3)c3ccccc23)[C@H](OC(C)=O)[C@@H](OC(C)=O)[C@@H]1OC(C)=O. The van der Waals surface area contributed by atoms with Gasteiger partial charge >= 0.3 is 23.9 Å². The fourth-order valence-corrected chi connectivity index (χ4v) is 5.23. The number of para-hydroxylation sites is 1. The largest absolute Gasteiger partial charge is 0.493 e. The third-order valence-corrected chi connectivity index (χ3v) is 7.08. The maximum atomic E-state index is 12.1. The molecule has 0 bridgehead atoms. The van der Waals surface area contributed by atoms with Gasteiger partial charge in [0.05, 0.1) is 5.52 Å². The Kier molecular flexibility index (Phi) is 11.4. The number of nitrogens with one attached hydrogen (secondary N) is 1. The maximum absolute atomic E-state index is 12.1. The van der Waals surface area contributed by atoms with Crippen molar-refractivity contribution in [3.8, 4) is 5.88 Å². The highest BCUT2D eigenvalue weighted by Gasteiger charge is 2.52. The summed E-state index contributed by atoms with van der Waals surface area (Å²) in [5.74, 6) is -3.05. The first-order valence-corrected chi connectivity index (χ1v) is 14.7. The van der Waals surface area contributed by atoms with E-state index in [9.17, 15) is 24.3 Å². The van der Waals surface area contributed by atoms with Gasteiger partial charge in [0, 0.05) is 39.6 Å². The zero-order valence-electron chi connectivity index (χ0n) is 25.6. The van der Waals surface area contributed by atoms with Gasteiger partial charge in [-0.2, -0.15) is 0 Å². The smallest absolute Gasteiger partial charge is 0.303 e. The first-order chi connectivity index (χ1) is 21.9. The number of thiocarbonyl (C=S) groups is 1. The quantitative estimate of drug-likeness (QED) is 0.141. The van der Waals surface area contributed by atoms with Crippen molar-refractivity contribution in [2.45, 2.75) is 71.3 Å². The molecule has 46 heavy (non-hydrogen) atoms. The average Bonchev–Trinajstić information content (AvgIpc) is 3.26. The molecule has 0 spiro atoms. The van der Waals surface area contributed by atoms with Crippen molar-refractivity contribution in [1.29, 1.82) is 0 Å². The minimum atomic E-state index is -1.39. The summed E-state index contributed by atoms with van der Waals surface area (Å²) in [6, 6.07) is 17.1. The van der Waals surface area contributed by atoms with Crippen LogP contribution < -0.4 is 5.32 Å². The van der Waals surface area contributed by atoms with Gasteiger partial charge in [0.15, 0.2) is 30.2 Å². The molecule has 2 aromatic carbocycles. The summed E-state index contributed by atoms with van der Waals surface area (Å²) < 4.78 is 29.0. The molecule has 0 radical (unpaired) electrons. The van der Waals surface area contributed by atoms with Crippen LogP contribution in [0.15, 0.2) is 64.8 Å². The minimum Gasteiger partial charge on any atom is -0.493 e. The van der Waals surface area contributed by atoms with Crippen LogP contribution in [0, 0.1) is 0 Å². The van der Waals surface area contributed by atoms with Crippen LogP contribution in [-0.4, -0.2) is 75.9 Å². The topological polar surface area (TPSA) is 176 Å². The summed E-state index contributed by atoms with van der Waals surface area (Å²) in [5.41, 5.74) is 2.01. The monoisotopic (exact) mass is 654 g/mol. The van der Waals surface area contributed by atoms with E-state index in [0.29, 0.717) is 18.4 Å². The van der Waals surface area contributed by atoms with E-state index in [1.807, 2.05) is 42.5 Å². The number of azo groups is 1. The molecule has 0 saturated carbocycles. The van der Waals surface area contributed by atoms with Gasteiger partial charge in [-0.3, -0.25) is 19.2 Å². The fourth-order valence-electron chi connectivity index (χ4n) is 5.07. The molecule has 14 nitrogen and oxygen atoms in total. The highest BCUT2D eigenvalue weighted by molar-refractivity contribution is 7.80. The number of carbonyl (C=O) groups excluding carboxylic acids is 4. The van der Waals surface area contributed by atoms with Gasteiger partial charge in [-0.05, 0) is 30.3 Å². The summed E-state index contributed by atoms with van der Waals surface area (Å²) in [6.45, 7) is 4.62. The first-order valence-electron chi connectivity index (χ1n) is 14.3. The number of ether oxygens (including phenoxy) is 5. The Hall–Kier alpha value is -4.89. The lowest BCUT2D eigenvalue weighted by molar-refractivity contribution is -0.254. The first kappa shape index (κ1) is 34.0. The normalized spacial score (nSPS) is 21.0. The highest BCUT2D eigenvalue weighted by Crippen LogP contribution is 2.39. The molecule has 1 saturated heterocycles. The summed E-state index contributed by atoms with van der Waals surface area (Å²) >= 11 is 5.40. The highest BCUT2D eigenvalue weighted by atomic mass is 32.1. The second-order valence-corrected chi connectivity index (χ2v) is 10.7. The molecular formula is C31H34N4O10S. The van der Waals surface area contributed by atoms with E-state index in [0.717, 1.165) is 31.9 Å². The molecule has 0 aliphatic carbocycles. The predicted octanol–water partition coefficient (Wildman–Crippen LogP) is 3.63. The van der Waals surface area contributed by atoms with Crippen LogP contribution in [0.4, 0.5) is 5.69 Å². The molecule has 1 aromatic heterocycles. The van der Waals surface area contributed by atoms with Crippen LogP contribution in [0.3, 0.4) is 0 Å². The van der Waals surface area contributed by atoms with Crippen LogP contribution in [0.25, 0.3) is 10.9 Å². The second kappa shape index (κ2) is 15.4. The van der Waals surface area contributed by atoms with Crippen molar-refractivity contribution < 1.29 is 48.0 Å². The van der Waals surface area contributed by atoms with Gasteiger partial charge < -0.3 is 38.7 Å². The molecule has 1 aliphatic rings. The van der Waals surface area contributed by atoms with Crippen molar-refractivity contribution in [1.82, 2.24) is 9.88 Å². The Morgan fingerprint density at radius 1 is 0.870 bits per heavy atom. The third-order valence-electron chi connectivity index (χ3n) is 6.88. The minimum absolute atomic E-state index is 0.115. The molecule has 1 aliphatic heterocycles. The number of carbonyl (C=O) groups is 4. The van der Waals surface area contributed by atoms with Gasteiger partial charge in [-0.25, -0.2) is 0 Å². The molecule has 0 unspecified atom stereocenters. The lowest BCUT2D eigenvalue weighted by Crippen LogP contribution is -2.66. The number of hydrogen-bond acceptors (Lipinski definition) is 12. The van der Waals surface area contributed by atoms with Gasteiger partial charge in [-0.1, -0.05) is 48.5 Å². The van der Waals surface area contributed by atoms with E-state index in [-0.39, 0.29) is 16.7 Å². The number of aromatic nitrogens is 1. The van der Waals surface area contributed by atoms with Gasteiger partial charge in [-0.15, -0.1) is 10.2 Å². The number of fused-ring (bicyclic) bond motifs is 1. The van der Waals surface area contributed by atoms with Gasteiger partial charge in [0.25, 0.3) is 0 Å². The summed E-state index contributed by atoms with van der Waals surface area (Å²) in [5, 5.41) is 22.6. The zero-order valence-corrected chi connectivity index (χ0v) is 26.4. The van der Waals surface area contributed by atoms with Gasteiger partial charge in [0.2, 0.25) is 11.0 Å². The maximum Gasteiger partial charge on any atom is 0.303 e. The van der Waals surface area contributed by atoms with Crippen LogP contribution in [0.1, 0.15) is 33.3 Å². The molecule has 244 valence electrons. The standard InChI is InChI=1S/C31H34N4O10S/c1-17(36)41-16-24-26(42-18(2)37)27(43-19(3)38)28(44-20(4)39)29(45-24)32-31(46)34-33-25-22-12-8-9-13-23(22)35(30(25)40)15-14-21-10-6-5-7-11-21/h5-13,24,26-29,40H,14-16H2,1-4H3,(H,32,46)/t24-,26-,27+,28-,29-/m1/s1. The van der Waals surface area contributed by atoms with E-state index in [1.165, 1.54) is 6.92 Å². The lowest BCUT2D eigenvalue weighted by Gasteiger charge is -2.44. The molecule has 2 heterocycles. The Balaban J connectivity index is 1.61. The van der Waals surface area contributed by atoms with E-state index in [1.54, 1.807) is 16.7 Å². The van der Waals surface area contributed by atoms with Crippen molar-refractivity contribution in [2.75, 3.05) is 6.61 Å². The van der Waals surface area contributed by atoms with Crippen LogP contribution in [-0.2, 0) is 55.8 Å². The number of aryl methyl sites for hydroxylation is 2. The van der Waals surface area contributed by atoms with Crippen molar-refractivity contribution in [3.05, 3.63) is 60.2 Å². The molecule has 1 fully saturated rings. The molecular weight excluding hydrogens is 620 g/mol. The van der Waals surface area contributed by atoms with Crippen molar-refractivity contribution >= 4 is 57.8 Å². The van der Waals surface area contributed by atoms with Crippen molar-refractivity contribution in [2.24, 2.45) is 10.2 Å². The van der Waals surface area contributed by atoms with Gasteiger partial charge in [0.1, 0.15) is 12.7 Å². The van der Waals surface area contributed by atoms with E-state index >= 15 is 0 Å². The molecule has 0 amide bonds. The number of hydrogen-bond donors (Lipinski definition) is 2. The van der Waals surface area contributed by atoms with Crippen LogP contribution >= 0.6 is 12.2 Å². The second-order valence-electron chi connectivity index (χ2n) is 10.3. The molecule has 3 aromatic rings. The number of benzene rings is 2. The Bertz CT molecular complexity index is 1630. The number of esters is 4. The average molecular weight is 655 g/mol. The lowest BCUT2D eigenvalue weighted by atomic mass is 9.97. The van der Waals surface area contributed by atoms with Crippen LogP contribution in [0.5, 0.6) is 5.88 Å². The summed E-state index contributed by atoms with van der Waals surface area (Å²) in [6.07, 6.45) is -5.94. The number of rotatable bonds is 10. The third kappa shape index (κ3) is 8.63. The zero-order chi connectivity index (χ0) is 33.4. The predicted molar refractivity (Wildman–Crippen MR) is 166 cm³/mol. The summed E-state index contributed by atoms with van der Waals surface area (Å²) in [7, 11) is 0. The van der Waals surface area contributed by atoms with Crippen LogP contribution in [0.2, 0.25) is 0 Å². The Morgan fingerprint density at radius 3 is 2.13 bits per heavy atom. The summed E-state index contributed by atoms with van der Waals surface area (Å²) in [4.78, 5) is 47.7. The number of nitrogens with zero attached hydrogens (tertiary/aromatic N) is 3. The molecule has 2 N–H and O–H groups in total. The van der Waals surface area contributed by atoms with E-state index in [4.69, 9.17) is 35.9 Å². The molecule has 4 rings (SSSR count). The number of aromatic hydroxyl groups is 1. The molecule has 15 heteroatoms. The van der Waals surface area contributed by atoms with E-state index < -0.39 is 61.1 Å².